The minimum absolute atomic E-state index is 0.0135. The summed E-state index contributed by atoms with van der Waals surface area (Å²) in [7, 11) is 0. The molecule has 2 aromatic carbocycles. The van der Waals surface area contributed by atoms with Gasteiger partial charge in [-0.3, -0.25) is 0 Å². The van der Waals surface area contributed by atoms with Crippen LogP contribution in [0.4, 0.5) is 8.78 Å². The van der Waals surface area contributed by atoms with Gasteiger partial charge in [0.2, 0.25) is 11.6 Å². The Morgan fingerprint density at radius 1 is 0.889 bits per heavy atom. The van der Waals surface area contributed by atoms with Gasteiger partial charge in [-0.25, -0.2) is 0 Å². The zero-order valence-electron chi connectivity index (χ0n) is 15.5. The van der Waals surface area contributed by atoms with Gasteiger partial charge in [-0.15, -0.1) is 5.92 Å². The van der Waals surface area contributed by atoms with E-state index in [9.17, 15) is 8.78 Å². The highest BCUT2D eigenvalue weighted by atomic mass is 19.1. The van der Waals surface area contributed by atoms with Gasteiger partial charge in [0.1, 0.15) is 6.61 Å². The fourth-order valence-corrected chi connectivity index (χ4v) is 2.92. The van der Waals surface area contributed by atoms with Gasteiger partial charge >= 0.3 is 0 Å². The third kappa shape index (κ3) is 4.00. The summed E-state index contributed by atoms with van der Waals surface area (Å²) >= 11 is 0. The average molecular weight is 372 g/mol. The molecule has 3 aromatic rings. The molecule has 0 amide bonds. The topological polar surface area (TPSA) is 31.6 Å². The van der Waals surface area contributed by atoms with Crippen LogP contribution in [0.1, 0.15) is 39.5 Å². The predicted octanol–water partition coefficient (Wildman–Crippen LogP) is 6.23. The van der Waals surface area contributed by atoms with Crippen molar-refractivity contribution < 1.29 is 22.7 Å². The van der Waals surface area contributed by atoms with Crippen LogP contribution in [0.3, 0.4) is 0 Å². The maximum Gasteiger partial charge on any atom is 0.208 e. The van der Waals surface area contributed by atoms with E-state index < -0.39 is 11.6 Å². The van der Waals surface area contributed by atoms with Crippen LogP contribution in [-0.2, 0) is 0 Å². The number of hydrogen-bond acceptors (Lipinski definition) is 3. The Morgan fingerprint density at radius 3 is 2.11 bits per heavy atom. The first-order valence-corrected chi connectivity index (χ1v) is 9.15. The Morgan fingerprint density at radius 2 is 1.52 bits per heavy atom. The molecule has 0 aliphatic heterocycles. The lowest BCUT2D eigenvalue weighted by Gasteiger charge is -2.07. The standard InChI is InChI=1S/C22H22F2O3/c1-3-5-7-8-14-26-18-12-10-16-15-9-11-17(25-13-6-4-2)19(23)21(15)27-22(16)20(18)24/h9-12H,3,5,7-8,13-14H2,1-2H3. The largest absolute Gasteiger partial charge is 0.490 e. The molecule has 27 heavy (non-hydrogen) atoms. The molecule has 142 valence electrons. The van der Waals surface area contributed by atoms with Gasteiger partial charge in [0.05, 0.1) is 6.61 Å². The van der Waals surface area contributed by atoms with E-state index in [2.05, 4.69) is 18.8 Å². The van der Waals surface area contributed by atoms with Crippen LogP contribution in [0.15, 0.2) is 28.7 Å². The second-order valence-electron chi connectivity index (χ2n) is 6.24. The molecule has 1 aromatic heterocycles. The van der Waals surface area contributed by atoms with Crippen molar-refractivity contribution >= 4 is 21.9 Å². The van der Waals surface area contributed by atoms with Crippen LogP contribution < -0.4 is 9.47 Å². The Labute approximate surface area is 157 Å². The number of rotatable bonds is 8. The lowest BCUT2D eigenvalue weighted by atomic mass is 10.1. The molecule has 3 rings (SSSR count). The van der Waals surface area contributed by atoms with Gasteiger partial charge in [-0.05, 0) is 37.6 Å². The van der Waals surface area contributed by atoms with Crippen molar-refractivity contribution in [1.82, 2.24) is 0 Å². The van der Waals surface area contributed by atoms with E-state index in [-0.39, 0.29) is 29.3 Å². The molecule has 0 saturated carbocycles. The molecule has 0 radical (unpaired) electrons. The highest BCUT2D eigenvalue weighted by Crippen LogP contribution is 2.37. The first kappa shape index (κ1) is 19.0. The summed E-state index contributed by atoms with van der Waals surface area (Å²) < 4.78 is 45.8. The summed E-state index contributed by atoms with van der Waals surface area (Å²) in [6.07, 6.45) is 4.16. The van der Waals surface area contributed by atoms with E-state index >= 15 is 0 Å². The van der Waals surface area contributed by atoms with Gasteiger partial charge in [0.25, 0.3) is 0 Å². The quantitative estimate of drug-likeness (QED) is 0.347. The SMILES string of the molecule is CC#CCOc1ccc2c(oc3c(F)c(OCCCCCC)ccc32)c1F. The predicted molar refractivity (Wildman–Crippen MR) is 102 cm³/mol. The number of unbranched alkanes of at least 4 members (excludes halogenated alkanes) is 3. The summed E-state index contributed by atoms with van der Waals surface area (Å²) in [4.78, 5) is 0. The van der Waals surface area contributed by atoms with E-state index in [0.717, 1.165) is 25.7 Å². The number of furan rings is 1. The van der Waals surface area contributed by atoms with Crippen LogP contribution in [-0.4, -0.2) is 13.2 Å². The Hall–Kier alpha value is -2.74. The van der Waals surface area contributed by atoms with E-state index in [1.165, 1.54) is 6.07 Å². The van der Waals surface area contributed by atoms with Crippen molar-refractivity contribution in [2.45, 2.75) is 39.5 Å². The van der Waals surface area contributed by atoms with Gasteiger partial charge in [-0.1, -0.05) is 32.1 Å². The molecule has 0 aliphatic carbocycles. The molecule has 5 heteroatoms. The minimum Gasteiger partial charge on any atom is -0.490 e. The van der Waals surface area contributed by atoms with E-state index in [1.54, 1.807) is 25.1 Å². The zero-order chi connectivity index (χ0) is 19.2. The maximum absolute atomic E-state index is 14.8. The van der Waals surface area contributed by atoms with Crippen molar-refractivity contribution in [2.24, 2.45) is 0 Å². The van der Waals surface area contributed by atoms with Crippen molar-refractivity contribution in [3.63, 3.8) is 0 Å². The molecule has 0 saturated heterocycles. The fourth-order valence-electron chi connectivity index (χ4n) is 2.92. The van der Waals surface area contributed by atoms with Crippen LogP contribution in [0.25, 0.3) is 21.9 Å². The minimum atomic E-state index is -0.664. The van der Waals surface area contributed by atoms with E-state index in [0.29, 0.717) is 17.4 Å². The second-order valence-corrected chi connectivity index (χ2v) is 6.24. The van der Waals surface area contributed by atoms with Crippen LogP contribution in [0, 0.1) is 23.5 Å². The highest BCUT2D eigenvalue weighted by Gasteiger charge is 2.20. The van der Waals surface area contributed by atoms with E-state index in [4.69, 9.17) is 13.9 Å². The molecule has 0 spiro atoms. The van der Waals surface area contributed by atoms with Gasteiger partial charge in [0.15, 0.2) is 22.7 Å². The number of fused-ring (bicyclic) bond motifs is 3. The first-order valence-electron chi connectivity index (χ1n) is 9.15. The second kappa shape index (κ2) is 8.77. The van der Waals surface area contributed by atoms with Gasteiger partial charge < -0.3 is 13.9 Å². The summed E-state index contributed by atoms with van der Waals surface area (Å²) in [5.41, 5.74) is -0.0496. The number of benzene rings is 2. The van der Waals surface area contributed by atoms with Crippen LogP contribution >= 0.6 is 0 Å². The summed E-state index contributed by atoms with van der Waals surface area (Å²) in [5, 5.41) is 0.990. The molecule has 0 bridgehead atoms. The summed E-state index contributed by atoms with van der Waals surface area (Å²) in [6, 6.07) is 6.41. The summed E-state index contributed by atoms with van der Waals surface area (Å²) in [5.74, 6) is 4.24. The Balaban J connectivity index is 1.89. The lowest BCUT2D eigenvalue weighted by molar-refractivity contribution is 0.290. The van der Waals surface area contributed by atoms with Crippen LogP contribution in [0.5, 0.6) is 11.5 Å². The molecule has 0 unspecified atom stereocenters. The molecule has 0 aliphatic rings. The third-order valence-corrected chi connectivity index (χ3v) is 4.35. The highest BCUT2D eigenvalue weighted by molar-refractivity contribution is 6.06. The molecule has 1 heterocycles. The molecular weight excluding hydrogens is 350 g/mol. The summed E-state index contributed by atoms with van der Waals surface area (Å²) in [6.45, 7) is 4.31. The Bertz CT molecular complexity index is 996. The van der Waals surface area contributed by atoms with Gasteiger partial charge in [0, 0.05) is 10.8 Å². The maximum atomic E-state index is 14.8. The molecule has 3 nitrogen and oxygen atoms in total. The lowest BCUT2D eigenvalue weighted by Crippen LogP contribution is -1.99. The molecule has 0 N–H and O–H groups in total. The number of ether oxygens (including phenoxy) is 2. The van der Waals surface area contributed by atoms with Crippen molar-refractivity contribution in [1.29, 1.82) is 0 Å². The molecule has 0 atom stereocenters. The Kier molecular flexibility index (Phi) is 6.18. The number of halogens is 2. The molecular formula is C22H22F2O3. The smallest absolute Gasteiger partial charge is 0.208 e. The first-order chi connectivity index (χ1) is 13.2. The van der Waals surface area contributed by atoms with Crippen molar-refractivity contribution in [2.75, 3.05) is 13.2 Å². The molecule has 0 fully saturated rings. The number of hydrogen-bond donors (Lipinski definition) is 0. The van der Waals surface area contributed by atoms with Crippen molar-refractivity contribution in [3.8, 4) is 23.3 Å². The van der Waals surface area contributed by atoms with E-state index in [1.807, 2.05) is 0 Å². The van der Waals surface area contributed by atoms with Crippen molar-refractivity contribution in [3.05, 3.63) is 35.9 Å². The average Bonchev–Trinajstić information content (AvgIpc) is 3.06. The van der Waals surface area contributed by atoms with Crippen LogP contribution in [0.2, 0.25) is 0 Å². The fraction of sp³-hybridized carbons (Fsp3) is 0.364. The normalized spacial score (nSPS) is 10.8. The zero-order valence-corrected chi connectivity index (χ0v) is 15.5. The third-order valence-electron chi connectivity index (χ3n) is 4.35. The monoisotopic (exact) mass is 372 g/mol. The van der Waals surface area contributed by atoms with Gasteiger partial charge in [-0.2, -0.15) is 8.78 Å².